The number of nitrogens with one attached hydrogen (secondary N) is 1. The Hall–Kier alpha value is -2.40. The molecule has 2 N–H and O–H groups in total. The number of urea groups is 1. The minimum atomic E-state index is -0.245. The van der Waals surface area contributed by atoms with Gasteiger partial charge in [-0.1, -0.05) is 36.7 Å². The Labute approximate surface area is 153 Å². The highest BCUT2D eigenvalue weighted by Gasteiger charge is 2.15. The lowest BCUT2D eigenvalue weighted by Crippen LogP contribution is -2.35. The summed E-state index contributed by atoms with van der Waals surface area (Å²) < 4.78 is 5.39. The molecule has 0 aliphatic rings. The van der Waals surface area contributed by atoms with E-state index in [0.717, 1.165) is 6.42 Å². The number of amides is 2. The van der Waals surface area contributed by atoms with Gasteiger partial charge in [-0.05, 0) is 37.6 Å². The topological polar surface area (TPSA) is 61.8 Å². The summed E-state index contributed by atoms with van der Waals surface area (Å²) in [6, 6.07) is 11.9. The second-order valence-corrected chi connectivity index (χ2v) is 5.97. The Bertz CT molecular complexity index is 722. The van der Waals surface area contributed by atoms with Crippen LogP contribution in [0.15, 0.2) is 42.5 Å². The number of anilines is 1. The Morgan fingerprint density at radius 1 is 1.24 bits per heavy atom. The summed E-state index contributed by atoms with van der Waals surface area (Å²) in [5.41, 5.74) is 1.30. The van der Waals surface area contributed by atoms with Gasteiger partial charge in [0.2, 0.25) is 0 Å². The summed E-state index contributed by atoms with van der Waals surface area (Å²) in [5, 5.41) is 13.2. The third-order valence-electron chi connectivity index (χ3n) is 3.62. The van der Waals surface area contributed by atoms with Crippen LogP contribution in [-0.4, -0.2) is 29.2 Å². The number of benzene rings is 2. The van der Waals surface area contributed by atoms with Crippen LogP contribution >= 0.6 is 11.6 Å². The van der Waals surface area contributed by atoms with Crippen molar-refractivity contribution in [1.82, 2.24) is 4.90 Å². The van der Waals surface area contributed by atoms with Crippen LogP contribution in [0.4, 0.5) is 10.5 Å². The van der Waals surface area contributed by atoms with Gasteiger partial charge in [-0.15, -0.1) is 0 Å². The predicted octanol–water partition coefficient (Wildman–Crippen LogP) is 4.89. The third-order valence-corrected chi connectivity index (χ3v) is 3.91. The van der Waals surface area contributed by atoms with Crippen molar-refractivity contribution in [3.8, 4) is 11.5 Å². The van der Waals surface area contributed by atoms with Gasteiger partial charge in [0.1, 0.15) is 11.5 Å². The summed E-state index contributed by atoms with van der Waals surface area (Å²) in [4.78, 5) is 14.3. The summed E-state index contributed by atoms with van der Waals surface area (Å²) in [6.45, 7) is 5.31. The van der Waals surface area contributed by atoms with E-state index in [-0.39, 0.29) is 11.8 Å². The zero-order valence-electron chi connectivity index (χ0n) is 14.5. The number of hydrogen-bond donors (Lipinski definition) is 2. The number of aromatic hydroxyl groups is 1. The van der Waals surface area contributed by atoms with Crippen molar-refractivity contribution in [2.75, 3.05) is 18.5 Å². The number of halogens is 1. The van der Waals surface area contributed by atoms with Crippen LogP contribution in [0.5, 0.6) is 11.5 Å². The van der Waals surface area contributed by atoms with E-state index in [0.29, 0.717) is 41.7 Å². The van der Waals surface area contributed by atoms with Crippen molar-refractivity contribution in [3.05, 3.63) is 53.1 Å². The van der Waals surface area contributed by atoms with Crippen LogP contribution in [0.25, 0.3) is 0 Å². The Kier molecular flexibility index (Phi) is 6.95. The van der Waals surface area contributed by atoms with E-state index in [4.69, 9.17) is 16.3 Å². The van der Waals surface area contributed by atoms with Gasteiger partial charge < -0.3 is 20.1 Å². The van der Waals surface area contributed by atoms with E-state index < -0.39 is 0 Å². The molecule has 0 fully saturated rings. The number of ether oxygens (including phenoxy) is 1. The lowest BCUT2D eigenvalue weighted by molar-refractivity contribution is 0.208. The molecule has 0 aliphatic carbocycles. The van der Waals surface area contributed by atoms with Gasteiger partial charge in [-0.2, -0.15) is 0 Å². The van der Waals surface area contributed by atoms with Gasteiger partial charge in [-0.25, -0.2) is 4.79 Å². The summed E-state index contributed by atoms with van der Waals surface area (Å²) in [6.07, 6.45) is 0.811. The molecule has 0 spiro atoms. The van der Waals surface area contributed by atoms with Crippen LogP contribution in [-0.2, 0) is 6.54 Å². The molecule has 0 bridgehead atoms. The molecule has 2 aromatic carbocycles. The van der Waals surface area contributed by atoms with Gasteiger partial charge in [0, 0.05) is 17.8 Å². The van der Waals surface area contributed by atoms with Gasteiger partial charge in [0.25, 0.3) is 0 Å². The number of rotatable bonds is 7. The molecule has 0 unspecified atom stereocenters. The van der Waals surface area contributed by atoms with Crippen molar-refractivity contribution < 1.29 is 14.6 Å². The Balaban J connectivity index is 2.10. The zero-order valence-corrected chi connectivity index (χ0v) is 15.2. The van der Waals surface area contributed by atoms with E-state index in [2.05, 4.69) is 5.32 Å². The Morgan fingerprint density at radius 2 is 2.00 bits per heavy atom. The second kappa shape index (κ2) is 9.18. The average molecular weight is 363 g/mol. The van der Waals surface area contributed by atoms with Crippen LogP contribution < -0.4 is 10.1 Å². The van der Waals surface area contributed by atoms with E-state index in [1.54, 1.807) is 41.3 Å². The number of phenolic OH excluding ortho intramolecular Hbond substituents is 1. The molecule has 0 atom stereocenters. The number of carbonyl (C=O) groups excluding carboxylic acids is 1. The number of para-hydroxylation sites is 1. The van der Waals surface area contributed by atoms with E-state index in [1.165, 1.54) is 0 Å². The maximum Gasteiger partial charge on any atom is 0.322 e. The van der Waals surface area contributed by atoms with Gasteiger partial charge in [0.15, 0.2) is 0 Å². The number of nitrogens with zero attached hydrogens (tertiary/aromatic N) is 1. The van der Waals surface area contributed by atoms with E-state index in [1.807, 2.05) is 19.9 Å². The van der Waals surface area contributed by atoms with E-state index in [9.17, 15) is 9.90 Å². The highest BCUT2D eigenvalue weighted by Crippen LogP contribution is 2.28. The first kappa shape index (κ1) is 18.9. The molecule has 0 saturated heterocycles. The number of carbonyl (C=O) groups is 1. The standard InChI is InChI=1S/C19H23ClN2O3/c1-3-11-22(13-14-7-5-6-8-17(14)23)19(24)21-15-9-10-18(25-4-2)16(20)12-15/h5-10,12,23H,3-4,11,13H2,1-2H3,(H,21,24). The quantitative estimate of drug-likeness (QED) is 0.737. The lowest BCUT2D eigenvalue weighted by atomic mass is 10.2. The maximum atomic E-state index is 12.6. The zero-order chi connectivity index (χ0) is 18.2. The molecule has 0 aliphatic heterocycles. The summed E-state index contributed by atoms with van der Waals surface area (Å²) in [7, 11) is 0. The van der Waals surface area contributed by atoms with Crippen molar-refractivity contribution in [3.63, 3.8) is 0 Å². The molecule has 0 radical (unpaired) electrons. The maximum absolute atomic E-state index is 12.6. The molecule has 6 heteroatoms. The minimum absolute atomic E-state index is 0.181. The first-order valence-corrected chi connectivity index (χ1v) is 8.68. The van der Waals surface area contributed by atoms with Crippen molar-refractivity contribution in [1.29, 1.82) is 0 Å². The molecule has 0 heterocycles. The molecule has 0 saturated carbocycles. The molecule has 25 heavy (non-hydrogen) atoms. The molecule has 2 rings (SSSR count). The first-order chi connectivity index (χ1) is 12.0. The molecular weight excluding hydrogens is 340 g/mol. The van der Waals surface area contributed by atoms with Crippen LogP contribution in [0, 0.1) is 0 Å². The fraction of sp³-hybridized carbons (Fsp3) is 0.316. The molecule has 134 valence electrons. The summed E-state index contributed by atoms with van der Waals surface area (Å²) >= 11 is 6.16. The van der Waals surface area contributed by atoms with Crippen molar-refractivity contribution in [2.45, 2.75) is 26.8 Å². The van der Waals surface area contributed by atoms with Gasteiger partial charge in [-0.3, -0.25) is 0 Å². The van der Waals surface area contributed by atoms with Crippen LogP contribution in [0.1, 0.15) is 25.8 Å². The molecule has 2 aromatic rings. The highest BCUT2D eigenvalue weighted by atomic mass is 35.5. The van der Waals surface area contributed by atoms with Crippen LogP contribution in [0.2, 0.25) is 5.02 Å². The molecule has 5 nitrogen and oxygen atoms in total. The summed E-state index contributed by atoms with van der Waals surface area (Å²) in [5.74, 6) is 0.766. The molecule has 2 amide bonds. The SMILES string of the molecule is CCCN(Cc1ccccc1O)C(=O)Nc1ccc(OCC)c(Cl)c1. The third kappa shape index (κ3) is 5.29. The largest absolute Gasteiger partial charge is 0.508 e. The minimum Gasteiger partial charge on any atom is -0.508 e. The lowest BCUT2D eigenvalue weighted by Gasteiger charge is -2.23. The van der Waals surface area contributed by atoms with Gasteiger partial charge >= 0.3 is 6.03 Å². The first-order valence-electron chi connectivity index (χ1n) is 8.30. The highest BCUT2D eigenvalue weighted by molar-refractivity contribution is 6.32. The average Bonchev–Trinajstić information content (AvgIpc) is 2.59. The van der Waals surface area contributed by atoms with Crippen molar-refractivity contribution in [2.24, 2.45) is 0 Å². The normalized spacial score (nSPS) is 10.4. The monoisotopic (exact) mass is 362 g/mol. The fourth-order valence-electron chi connectivity index (χ4n) is 2.43. The van der Waals surface area contributed by atoms with E-state index >= 15 is 0 Å². The number of hydrogen-bond acceptors (Lipinski definition) is 3. The smallest absolute Gasteiger partial charge is 0.322 e. The second-order valence-electron chi connectivity index (χ2n) is 5.56. The predicted molar refractivity (Wildman–Crippen MR) is 100 cm³/mol. The molecule has 0 aromatic heterocycles. The molecular formula is C19H23ClN2O3. The van der Waals surface area contributed by atoms with Crippen molar-refractivity contribution >= 4 is 23.3 Å². The fourth-order valence-corrected chi connectivity index (χ4v) is 2.66. The number of phenols is 1. The van der Waals surface area contributed by atoms with Gasteiger partial charge in [0.05, 0.1) is 18.2 Å². The Morgan fingerprint density at radius 3 is 2.64 bits per heavy atom. The van der Waals surface area contributed by atoms with Crippen LogP contribution in [0.3, 0.4) is 0 Å².